The van der Waals surface area contributed by atoms with Crippen LogP contribution >= 0.6 is 0 Å². The zero-order valence-electron chi connectivity index (χ0n) is 11.0. The number of benzene rings is 1. The molecular weight excluding hydrogens is 256 g/mol. The summed E-state index contributed by atoms with van der Waals surface area (Å²) in [5.74, 6) is 1.14. The maximum atomic E-state index is 12.1. The van der Waals surface area contributed by atoms with Gasteiger partial charge in [0.1, 0.15) is 6.04 Å². The summed E-state index contributed by atoms with van der Waals surface area (Å²) in [5.41, 5.74) is 2.33. The molecular formula is C15H16N2O3. The van der Waals surface area contributed by atoms with E-state index in [-0.39, 0.29) is 12.5 Å². The molecule has 1 aliphatic rings. The van der Waals surface area contributed by atoms with E-state index in [4.69, 9.17) is 11.5 Å². The first kappa shape index (κ1) is 13.9. The lowest BCUT2D eigenvalue weighted by Gasteiger charge is -2.29. The third-order valence-electron chi connectivity index (χ3n) is 3.34. The first-order chi connectivity index (χ1) is 9.61. The summed E-state index contributed by atoms with van der Waals surface area (Å²) in [5, 5.41) is 11.4. The quantitative estimate of drug-likeness (QED) is 0.813. The van der Waals surface area contributed by atoms with Crippen LogP contribution in [0.5, 0.6) is 0 Å². The van der Waals surface area contributed by atoms with Crippen molar-refractivity contribution in [1.82, 2.24) is 10.2 Å². The lowest BCUT2D eigenvalue weighted by atomic mass is 10.0. The van der Waals surface area contributed by atoms with Crippen molar-refractivity contribution in [3.05, 3.63) is 35.4 Å². The van der Waals surface area contributed by atoms with Crippen LogP contribution in [0.2, 0.25) is 0 Å². The fourth-order valence-corrected chi connectivity index (χ4v) is 2.23. The van der Waals surface area contributed by atoms with Gasteiger partial charge in [-0.05, 0) is 17.5 Å². The second-order valence-corrected chi connectivity index (χ2v) is 4.69. The summed E-state index contributed by atoms with van der Waals surface area (Å²) >= 11 is 0. The molecule has 104 valence electrons. The van der Waals surface area contributed by atoms with E-state index < -0.39 is 12.0 Å². The van der Waals surface area contributed by atoms with Crippen molar-refractivity contribution in [2.45, 2.75) is 25.4 Å². The Morgan fingerprint density at radius 3 is 2.75 bits per heavy atom. The Morgan fingerprint density at radius 1 is 1.40 bits per heavy atom. The zero-order valence-corrected chi connectivity index (χ0v) is 11.0. The summed E-state index contributed by atoms with van der Waals surface area (Å²) in [6.45, 7) is 1.07. The van der Waals surface area contributed by atoms with Gasteiger partial charge in [-0.2, -0.15) is 0 Å². The molecule has 0 fully saturated rings. The molecule has 2 rings (SSSR count). The minimum atomic E-state index is -1.12. The molecule has 0 spiro atoms. The van der Waals surface area contributed by atoms with Crippen molar-refractivity contribution >= 4 is 12.0 Å². The smallest absolute Gasteiger partial charge is 0.327 e. The van der Waals surface area contributed by atoms with Crippen molar-refractivity contribution in [3.63, 3.8) is 0 Å². The highest BCUT2D eigenvalue weighted by Gasteiger charge is 2.24. The van der Waals surface area contributed by atoms with Crippen LogP contribution < -0.4 is 5.32 Å². The second kappa shape index (κ2) is 6.11. The molecule has 0 bridgehead atoms. The van der Waals surface area contributed by atoms with Crippen LogP contribution in [0.25, 0.3) is 0 Å². The van der Waals surface area contributed by atoms with E-state index in [2.05, 4.69) is 11.2 Å². The average molecular weight is 272 g/mol. The summed E-state index contributed by atoms with van der Waals surface area (Å²) in [7, 11) is 0. The lowest BCUT2D eigenvalue weighted by Crippen LogP contribution is -2.49. The lowest BCUT2D eigenvalue weighted by molar-refractivity contribution is -0.139. The van der Waals surface area contributed by atoms with E-state index in [0.717, 1.165) is 12.0 Å². The topological polar surface area (TPSA) is 69.6 Å². The van der Waals surface area contributed by atoms with Crippen molar-refractivity contribution in [1.29, 1.82) is 0 Å². The van der Waals surface area contributed by atoms with Crippen molar-refractivity contribution in [3.8, 4) is 12.3 Å². The first-order valence-corrected chi connectivity index (χ1v) is 6.40. The van der Waals surface area contributed by atoms with E-state index in [1.54, 1.807) is 4.90 Å². The van der Waals surface area contributed by atoms with E-state index in [0.29, 0.717) is 13.1 Å². The van der Waals surface area contributed by atoms with Gasteiger partial charge < -0.3 is 15.3 Å². The van der Waals surface area contributed by atoms with Crippen LogP contribution in [-0.4, -0.2) is 34.6 Å². The SMILES string of the molecule is C#CCC(NC(=O)N1CCc2ccccc2C1)C(=O)O. The number of urea groups is 1. The maximum absolute atomic E-state index is 12.1. The summed E-state index contributed by atoms with van der Waals surface area (Å²) in [6.07, 6.45) is 5.86. The molecule has 1 heterocycles. The molecule has 0 saturated heterocycles. The Kier molecular flexibility index (Phi) is 4.26. The number of aliphatic carboxylic acids is 1. The van der Waals surface area contributed by atoms with E-state index >= 15 is 0 Å². The molecule has 2 N–H and O–H groups in total. The van der Waals surface area contributed by atoms with Crippen LogP contribution in [0, 0.1) is 12.3 Å². The highest BCUT2D eigenvalue weighted by atomic mass is 16.4. The predicted octanol–water partition coefficient (Wildman–Crippen LogP) is 1.23. The number of hydrogen-bond donors (Lipinski definition) is 2. The molecule has 1 aliphatic heterocycles. The number of carbonyl (C=O) groups excluding carboxylic acids is 1. The number of amides is 2. The number of carboxylic acid groups (broad SMARTS) is 1. The highest BCUT2D eigenvalue weighted by Crippen LogP contribution is 2.18. The third-order valence-corrected chi connectivity index (χ3v) is 3.34. The number of carboxylic acids is 1. The summed E-state index contributed by atoms with van der Waals surface area (Å²) in [4.78, 5) is 24.7. The van der Waals surface area contributed by atoms with Gasteiger partial charge in [0.2, 0.25) is 0 Å². The van der Waals surface area contributed by atoms with Crippen molar-refractivity contribution in [2.24, 2.45) is 0 Å². The van der Waals surface area contributed by atoms with E-state index in [9.17, 15) is 9.59 Å². The van der Waals surface area contributed by atoms with Gasteiger partial charge in [-0.25, -0.2) is 9.59 Å². The number of fused-ring (bicyclic) bond motifs is 1. The van der Waals surface area contributed by atoms with Crippen LogP contribution in [0.4, 0.5) is 4.79 Å². The standard InChI is InChI=1S/C15H16N2O3/c1-2-5-13(14(18)19)16-15(20)17-9-8-11-6-3-4-7-12(11)10-17/h1,3-4,6-7,13H,5,8-10H2,(H,16,20)(H,18,19). The Balaban J connectivity index is 2.01. The van der Waals surface area contributed by atoms with Gasteiger partial charge in [0.25, 0.3) is 0 Å². The molecule has 0 saturated carbocycles. The fourth-order valence-electron chi connectivity index (χ4n) is 2.23. The van der Waals surface area contributed by atoms with Gasteiger partial charge in [-0.3, -0.25) is 0 Å². The molecule has 0 aromatic heterocycles. The Labute approximate surface area is 117 Å². The van der Waals surface area contributed by atoms with Gasteiger partial charge in [0.05, 0.1) is 0 Å². The molecule has 1 unspecified atom stereocenters. The first-order valence-electron chi connectivity index (χ1n) is 6.40. The number of carbonyl (C=O) groups is 2. The molecule has 5 nitrogen and oxygen atoms in total. The monoisotopic (exact) mass is 272 g/mol. The molecule has 1 aromatic rings. The van der Waals surface area contributed by atoms with E-state index in [1.165, 1.54) is 5.56 Å². The number of nitrogens with zero attached hydrogens (tertiary/aromatic N) is 1. The van der Waals surface area contributed by atoms with Crippen LogP contribution in [0.1, 0.15) is 17.5 Å². The summed E-state index contributed by atoms with van der Waals surface area (Å²) in [6, 6.07) is 6.50. The van der Waals surface area contributed by atoms with Gasteiger partial charge in [-0.15, -0.1) is 12.3 Å². The molecule has 0 radical (unpaired) electrons. The zero-order chi connectivity index (χ0) is 14.5. The number of hydrogen-bond acceptors (Lipinski definition) is 2. The molecule has 20 heavy (non-hydrogen) atoms. The van der Waals surface area contributed by atoms with Crippen LogP contribution in [-0.2, 0) is 17.8 Å². The van der Waals surface area contributed by atoms with E-state index in [1.807, 2.05) is 24.3 Å². The molecule has 0 aliphatic carbocycles. The van der Waals surface area contributed by atoms with Crippen LogP contribution in [0.15, 0.2) is 24.3 Å². The number of nitrogens with one attached hydrogen (secondary N) is 1. The molecule has 1 atom stereocenters. The molecule has 2 amide bonds. The minimum absolute atomic E-state index is 0.0223. The number of terminal acetylenes is 1. The summed E-state index contributed by atoms with van der Waals surface area (Å²) < 4.78 is 0. The van der Waals surface area contributed by atoms with Gasteiger partial charge in [0.15, 0.2) is 0 Å². The highest BCUT2D eigenvalue weighted by molar-refractivity contribution is 5.83. The van der Waals surface area contributed by atoms with Gasteiger partial charge in [0, 0.05) is 19.5 Å². The Hall–Kier alpha value is -2.48. The Bertz CT molecular complexity index is 562. The predicted molar refractivity (Wildman–Crippen MR) is 74.0 cm³/mol. The fraction of sp³-hybridized carbons (Fsp3) is 0.333. The normalized spacial score (nSPS) is 14.8. The minimum Gasteiger partial charge on any atom is -0.480 e. The average Bonchev–Trinajstić information content (AvgIpc) is 2.46. The Morgan fingerprint density at radius 2 is 2.10 bits per heavy atom. The van der Waals surface area contributed by atoms with Crippen LogP contribution in [0.3, 0.4) is 0 Å². The molecule has 1 aromatic carbocycles. The van der Waals surface area contributed by atoms with Crippen molar-refractivity contribution < 1.29 is 14.7 Å². The largest absolute Gasteiger partial charge is 0.480 e. The maximum Gasteiger partial charge on any atom is 0.327 e. The molecule has 5 heteroatoms. The second-order valence-electron chi connectivity index (χ2n) is 4.69. The third kappa shape index (κ3) is 3.09. The van der Waals surface area contributed by atoms with Gasteiger partial charge >= 0.3 is 12.0 Å². The van der Waals surface area contributed by atoms with Crippen molar-refractivity contribution in [2.75, 3.05) is 6.54 Å². The van der Waals surface area contributed by atoms with Gasteiger partial charge in [-0.1, -0.05) is 24.3 Å². The number of rotatable bonds is 3.